The lowest BCUT2D eigenvalue weighted by Gasteiger charge is -2.16. The van der Waals surface area contributed by atoms with Gasteiger partial charge in [-0.3, -0.25) is 4.79 Å². The molecule has 0 aliphatic carbocycles. The van der Waals surface area contributed by atoms with E-state index in [9.17, 15) is 4.79 Å². The molecule has 1 heterocycles. The van der Waals surface area contributed by atoms with E-state index in [4.69, 9.17) is 32.4 Å². The average molecular weight is 314 g/mol. The molecule has 1 amide bonds. The fourth-order valence-electron chi connectivity index (χ4n) is 1.58. The van der Waals surface area contributed by atoms with Crippen LogP contribution in [0.4, 0.5) is 0 Å². The first-order valence-corrected chi connectivity index (χ1v) is 6.71. The molecule has 106 valence electrons. The van der Waals surface area contributed by atoms with E-state index in [0.717, 1.165) is 0 Å². The largest absolute Gasteiger partial charge is 0.492 e. The van der Waals surface area contributed by atoms with E-state index < -0.39 is 0 Å². The van der Waals surface area contributed by atoms with E-state index >= 15 is 0 Å². The van der Waals surface area contributed by atoms with Gasteiger partial charge in [-0.2, -0.15) is 0 Å². The Kier molecular flexibility index (Phi) is 4.93. The number of carbonyl (C=O) groups excluding carboxylic acids is 1. The maximum Gasteiger partial charge on any atom is 0.289 e. The monoisotopic (exact) mass is 313 g/mol. The van der Waals surface area contributed by atoms with Gasteiger partial charge in [0.15, 0.2) is 11.0 Å². The molecule has 0 N–H and O–H groups in total. The van der Waals surface area contributed by atoms with Crippen LogP contribution < -0.4 is 4.74 Å². The minimum atomic E-state index is -0.244. The van der Waals surface area contributed by atoms with Gasteiger partial charge in [0.2, 0.25) is 0 Å². The Hall–Kier alpha value is -1.65. The van der Waals surface area contributed by atoms with Gasteiger partial charge in [-0.25, -0.2) is 0 Å². The summed E-state index contributed by atoms with van der Waals surface area (Å²) >= 11 is 11.5. The highest BCUT2D eigenvalue weighted by atomic mass is 35.5. The molecule has 0 fully saturated rings. The second kappa shape index (κ2) is 6.68. The number of hydrogen-bond donors (Lipinski definition) is 0. The Labute approximate surface area is 126 Å². The third kappa shape index (κ3) is 3.92. The van der Waals surface area contributed by atoms with Gasteiger partial charge in [0.1, 0.15) is 12.4 Å². The number of nitrogens with zero attached hydrogens (tertiary/aromatic N) is 1. The van der Waals surface area contributed by atoms with Crippen LogP contribution in [0, 0.1) is 0 Å². The molecular weight excluding hydrogens is 301 g/mol. The number of amides is 1. The topological polar surface area (TPSA) is 42.7 Å². The highest BCUT2D eigenvalue weighted by Crippen LogP contribution is 2.17. The van der Waals surface area contributed by atoms with E-state index in [2.05, 4.69) is 0 Å². The van der Waals surface area contributed by atoms with Gasteiger partial charge in [0, 0.05) is 12.1 Å². The molecule has 0 saturated carbocycles. The van der Waals surface area contributed by atoms with Gasteiger partial charge < -0.3 is 14.1 Å². The van der Waals surface area contributed by atoms with Crippen LogP contribution in [-0.4, -0.2) is 31.0 Å². The molecule has 0 spiro atoms. The van der Waals surface area contributed by atoms with Crippen molar-refractivity contribution < 1.29 is 13.9 Å². The van der Waals surface area contributed by atoms with Crippen molar-refractivity contribution in [3.05, 3.63) is 52.4 Å². The minimum absolute atomic E-state index is 0.192. The van der Waals surface area contributed by atoms with Gasteiger partial charge in [-0.15, -0.1) is 0 Å². The second-order valence-corrected chi connectivity index (χ2v) is 4.95. The van der Waals surface area contributed by atoms with Crippen LogP contribution in [0.15, 0.2) is 40.8 Å². The van der Waals surface area contributed by atoms with Crippen molar-refractivity contribution in [3.8, 4) is 5.75 Å². The Balaban J connectivity index is 1.83. The van der Waals surface area contributed by atoms with Gasteiger partial charge in [-0.1, -0.05) is 17.7 Å². The smallest absolute Gasteiger partial charge is 0.289 e. The number of hydrogen-bond acceptors (Lipinski definition) is 3. The lowest BCUT2D eigenvalue weighted by molar-refractivity contribution is 0.0742. The lowest BCUT2D eigenvalue weighted by Crippen LogP contribution is -2.30. The Bertz CT molecular complexity index is 598. The zero-order chi connectivity index (χ0) is 14.5. The highest BCUT2D eigenvalue weighted by molar-refractivity contribution is 6.30. The quantitative estimate of drug-likeness (QED) is 0.844. The average Bonchev–Trinajstić information content (AvgIpc) is 2.84. The van der Waals surface area contributed by atoms with Crippen LogP contribution in [-0.2, 0) is 0 Å². The van der Waals surface area contributed by atoms with Crippen LogP contribution in [0.3, 0.4) is 0 Å². The molecule has 1 aromatic carbocycles. The van der Waals surface area contributed by atoms with E-state index in [0.29, 0.717) is 23.9 Å². The van der Waals surface area contributed by atoms with Crippen LogP contribution in [0.2, 0.25) is 10.2 Å². The summed E-state index contributed by atoms with van der Waals surface area (Å²) in [5.74, 6) is 0.631. The lowest BCUT2D eigenvalue weighted by atomic mass is 10.3. The normalized spacial score (nSPS) is 10.3. The zero-order valence-corrected chi connectivity index (χ0v) is 12.3. The number of furan rings is 1. The fourth-order valence-corrected chi connectivity index (χ4v) is 1.90. The number of carbonyl (C=O) groups is 1. The predicted molar refractivity (Wildman–Crippen MR) is 77.6 cm³/mol. The third-order valence-corrected chi connectivity index (χ3v) is 3.06. The van der Waals surface area contributed by atoms with Crippen LogP contribution in [0.25, 0.3) is 0 Å². The van der Waals surface area contributed by atoms with Crippen molar-refractivity contribution >= 4 is 29.1 Å². The van der Waals surface area contributed by atoms with Crippen molar-refractivity contribution in [2.24, 2.45) is 0 Å². The van der Waals surface area contributed by atoms with E-state index in [1.165, 1.54) is 11.0 Å². The van der Waals surface area contributed by atoms with E-state index in [1.807, 2.05) is 0 Å². The molecule has 0 aliphatic rings. The molecule has 0 saturated heterocycles. The Morgan fingerprint density at radius 2 is 2.10 bits per heavy atom. The standard InChI is InChI=1S/C14H13Cl2NO3/c1-17(14(18)12-5-6-13(16)20-12)7-8-19-11-4-2-3-10(15)9-11/h2-6,9H,7-8H2,1H3. The summed E-state index contributed by atoms with van der Waals surface area (Å²) in [6, 6.07) is 10.2. The molecule has 6 heteroatoms. The molecule has 2 rings (SSSR count). The van der Waals surface area contributed by atoms with Gasteiger partial charge in [0.25, 0.3) is 5.91 Å². The molecule has 20 heavy (non-hydrogen) atoms. The van der Waals surface area contributed by atoms with Crippen molar-refractivity contribution in [1.82, 2.24) is 4.90 Å². The van der Waals surface area contributed by atoms with Crippen LogP contribution in [0.1, 0.15) is 10.6 Å². The van der Waals surface area contributed by atoms with Crippen molar-refractivity contribution in [1.29, 1.82) is 0 Å². The first-order chi connectivity index (χ1) is 9.56. The summed E-state index contributed by atoms with van der Waals surface area (Å²) < 4.78 is 10.6. The molecule has 0 atom stereocenters. The number of likely N-dealkylation sites (N-methyl/N-ethyl adjacent to an activating group) is 1. The number of benzene rings is 1. The molecule has 2 aromatic rings. The molecule has 1 aromatic heterocycles. The van der Waals surface area contributed by atoms with Crippen molar-refractivity contribution in [2.45, 2.75) is 0 Å². The van der Waals surface area contributed by atoms with Gasteiger partial charge >= 0.3 is 0 Å². The maximum atomic E-state index is 12.0. The van der Waals surface area contributed by atoms with E-state index in [-0.39, 0.29) is 16.9 Å². The van der Waals surface area contributed by atoms with Gasteiger partial charge in [-0.05, 0) is 41.9 Å². The van der Waals surface area contributed by atoms with Crippen molar-refractivity contribution in [2.75, 3.05) is 20.2 Å². The molecule has 0 bridgehead atoms. The molecule has 0 radical (unpaired) electrons. The Morgan fingerprint density at radius 1 is 1.30 bits per heavy atom. The van der Waals surface area contributed by atoms with E-state index in [1.54, 1.807) is 37.4 Å². The summed E-state index contributed by atoms with van der Waals surface area (Å²) in [6.07, 6.45) is 0. The highest BCUT2D eigenvalue weighted by Gasteiger charge is 2.15. The zero-order valence-electron chi connectivity index (χ0n) is 10.8. The number of halogens is 2. The summed E-state index contributed by atoms with van der Waals surface area (Å²) in [7, 11) is 1.67. The Morgan fingerprint density at radius 3 is 2.75 bits per heavy atom. The molecule has 4 nitrogen and oxygen atoms in total. The first kappa shape index (κ1) is 14.8. The number of rotatable bonds is 5. The summed E-state index contributed by atoms with van der Waals surface area (Å²) in [5.41, 5.74) is 0. The van der Waals surface area contributed by atoms with Crippen LogP contribution in [0.5, 0.6) is 5.75 Å². The number of ether oxygens (including phenoxy) is 1. The third-order valence-electron chi connectivity index (χ3n) is 2.62. The van der Waals surface area contributed by atoms with Gasteiger partial charge in [0.05, 0.1) is 6.54 Å². The summed E-state index contributed by atoms with van der Waals surface area (Å²) in [4.78, 5) is 13.5. The minimum Gasteiger partial charge on any atom is -0.492 e. The molecular formula is C14H13Cl2NO3. The fraction of sp³-hybridized carbons (Fsp3) is 0.214. The molecule has 0 unspecified atom stereocenters. The maximum absolute atomic E-state index is 12.0. The van der Waals surface area contributed by atoms with Crippen molar-refractivity contribution in [3.63, 3.8) is 0 Å². The predicted octanol–water partition coefficient (Wildman–Crippen LogP) is 3.74. The summed E-state index contributed by atoms with van der Waals surface area (Å²) in [6.45, 7) is 0.778. The summed E-state index contributed by atoms with van der Waals surface area (Å²) in [5, 5.41) is 0.800. The second-order valence-electron chi connectivity index (χ2n) is 4.14. The van der Waals surface area contributed by atoms with Crippen LogP contribution >= 0.6 is 23.2 Å². The first-order valence-electron chi connectivity index (χ1n) is 5.95. The SMILES string of the molecule is CN(CCOc1cccc(Cl)c1)C(=O)c1ccc(Cl)o1. The molecule has 0 aliphatic heterocycles.